The van der Waals surface area contributed by atoms with E-state index in [9.17, 15) is 4.79 Å². The molecule has 0 spiro atoms. The van der Waals surface area contributed by atoms with Crippen LogP contribution in [-0.2, 0) is 4.74 Å². The van der Waals surface area contributed by atoms with E-state index in [2.05, 4.69) is 4.98 Å². The number of nitrogens with zero attached hydrogens (tertiary/aromatic N) is 1. The Morgan fingerprint density at radius 1 is 1.69 bits per heavy atom. The normalized spacial score (nSPS) is 10.5. The van der Waals surface area contributed by atoms with Gasteiger partial charge in [0.2, 0.25) is 0 Å². The molecule has 0 saturated carbocycles. The van der Waals surface area contributed by atoms with Gasteiger partial charge in [-0.15, -0.1) is 0 Å². The van der Waals surface area contributed by atoms with Gasteiger partial charge in [-0.25, -0.2) is 4.79 Å². The van der Waals surface area contributed by atoms with Crippen molar-refractivity contribution in [2.45, 2.75) is 19.4 Å². The minimum atomic E-state index is -1.08. The van der Waals surface area contributed by atoms with Crippen molar-refractivity contribution in [2.24, 2.45) is 0 Å². The van der Waals surface area contributed by atoms with Crippen molar-refractivity contribution in [3.05, 3.63) is 24.0 Å². The molecule has 0 aliphatic rings. The fraction of sp³-hybridized carbons (Fsp3) is 0.333. The Labute approximate surface area is 76.1 Å². The zero-order valence-corrected chi connectivity index (χ0v) is 7.50. The van der Waals surface area contributed by atoms with Gasteiger partial charge in [0, 0.05) is 6.20 Å². The number of rotatable bonds is 2. The van der Waals surface area contributed by atoms with Crippen molar-refractivity contribution in [3.63, 3.8) is 0 Å². The van der Waals surface area contributed by atoms with Crippen LogP contribution in [0.3, 0.4) is 0 Å². The molecule has 4 nitrogen and oxygen atoms in total. The Bertz CT molecular complexity index is 333. The van der Waals surface area contributed by atoms with E-state index in [1.807, 2.05) is 6.07 Å². The third-order valence-electron chi connectivity index (χ3n) is 1.43. The molecule has 0 bridgehead atoms. The van der Waals surface area contributed by atoms with E-state index >= 15 is 0 Å². The number of hydrogen-bond acceptors (Lipinski definition) is 3. The highest BCUT2D eigenvalue weighted by molar-refractivity contribution is 5.87. The smallest absolute Gasteiger partial charge is 0.356 e. The van der Waals surface area contributed by atoms with Gasteiger partial charge < -0.3 is 9.72 Å². The fourth-order valence-electron chi connectivity index (χ4n) is 0.767. The van der Waals surface area contributed by atoms with Crippen molar-refractivity contribution < 1.29 is 9.53 Å². The predicted molar refractivity (Wildman–Crippen MR) is 45.9 cm³/mol. The van der Waals surface area contributed by atoms with E-state index < -0.39 is 11.6 Å². The largest absolute Gasteiger partial charge is 0.440 e. The predicted octanol–water partition coefficient (Wildman–Crippen LogP) is 1.47. The van der Waals surface area contributed by atoms with Crippen LogP contribution < -0.4 is 0 Å². The van der Waals surface area contributed by atoms with Gasteiger partial charge in [0.15, 0.2) is 5.60 Å². The van der Waals surface area contributed by atoms with Crippen LogP contribution in [0.5, 0.6) is 0 Å². The average Bonchev–Trinajstić information content (AvgIpc) is 2.55. The number of H-pyrrole nitrogens is 1. The van der Waals surface area contributed by atoms with Crippen LogP contribution >= 0.6 is 0 Å². The van der Waals surface area contributed by atoms with Crippen LogP contribution in [0.1, 0.15) is 24.3 Å². The minimum Gasteiger partial charge on any atom is -0.440 e. The highest BCUT2D eigenvalue weighted by atomic mass is 16.6. The van der Waals surface area contributed by atoms with Gasteiger partial charge in [-0.1, -0.05) is 0 Å². The SMILES string of the molecule is CC(C)(C#N)OC(=O)c1ccc[nH]1. The quantitative estimate of drug-likeness (QED) is 0.697. The van der Waals surface area contributed by atoms with Crippen molar-refractivity contribution in [1.29, 1.82) is 5.26 Å². The van der Waals surface area contributed by atoms with Crippen molar-refractivity contribution >= 4 is 5.97 Å². The van der Waals surface area contributed by atoms with E-state index in [0.29, 0.717) is 5.69 Å². The number of hydrogen-bond donors (Lipinski definition) is 1. The zero-order chi connectivity index (χ0) is 9.90. The summed E-state index contributed by atoms with van der Waals surface area (Å²) in [7, 11) is 0. The summed E-state index contributed by atoms with van der Waals surface area (Å²) in [5.41, 5.74) is -0.731. The second kappa shape index (κ2) is 3.31. The lowest BCUT2D eigenvalue weighted by Crippen LogP contribution is -2.26. The standard InChI is InChI=1S/C9H10N2O2/c1-9(2,6-10)13-8(12)7-4-3-5-11-7/h3-5,11H,1-2H3. The Morgan fingerprint density at radius 3 is 2.85 bits per heavy atom. The lowest BCUT2D eigenvalue weighted by Gasteiger charge is -2.15. The molecule has 0 radical (unpaired) electrons. The van der Waals surface area contributed by atoms with Gasteiger partial charge >= 0.3 is 5.97 Å². The van der Waals surface area contributed by atoms with Crippen LogP contribution in [0.15, 0.2) is 18.3 Å². The molecule has 0 aromatic carbocycles. The monoisotopic (exact) mass is 178 g/mol. The van der Waals surface area contributed by atoms with Crippen LogP contribution in [0.4, 0.5) is 0 Å². The summed E-state index contributed by atoms with van der Waals surface area (Å²) in [5.74, 6) is -0.517. The van der Waals surface area contributed by atoms with E-state index in [1.54, 1.807) is 18.3 Å². The number of aromatic amines is 1. The van der Waals surface area contributed by atoms with Crippen LogP contribution in [0.2, 0.25) is 0 Å². The lowest BCUT2D eigenvalue weighted by molar-refractivity contribution is 0.0191. The summed E-state index contributed by atoms with van der Waals surface area (Å²) in [6.45, 7) is 3.07. The van der Waals surface area contributed by atoms with Gasteiger partial charge in [0.05, 0.1) is 0 Å². The van der Waals surface area contributed by atoms with Crippen LogP contribution in [0, 0.1) is 11.3 Å². The van der Waals surface area contributed by atoms with Gasteiger partial charge in [-0.05, 0) is 26.0 Å². The molecule has 0 saturated heterocycles. The molecule has 4 heteroatoms. The summed E-state index contributed by atoms with van der Waals surface area (Å²) >= 11 is 0. The average molecular weight is 178 g/mol. The zero-order valence-electron chi connectivity index (χ0n) is 7.50. The Kier molecular flexibility index (Phi) is 2.38. The van der Waals surface area contributed by atoms with Crippen molar-refractivity contribution in [2.75, 3.05) is 0 Å². The minimum absolute atomic E-state index is 0.350. The molecule has 1 N–H and O–H groups in total. The van der Waals surface area contributed by atoms with E-state index in [4.69, 9.17) is 10.00 Å². The van der Waals surface area contributed by atoms with E-state index in [0.717, 1.165) is 0 Å². The van der Waals surface area contributed by atoms with E-state index in [1.165, 1.54) is 13.8 Å². The summed E-state index contributed by atoms with van der Waals surface area (Å²) in [6, 6.07) is 5.16. The highest BCUT2D eigenvalue weighted by Crippen LogP contribution is 2.10. The molecule has 0 atom stereocenters. The molecule has 1 aromatic heterocycles. The number of carbonyl (C=O) groups is 1. The molecule has 68 valence electrons. The molecule has 0 unspecified atom stereocenters. The molecule has 0 fully saturated rings. The number of aromatic nitrogens is 1. The number of nitrogens with one attached hydrogen (secondary N) is 1. The van der Waals surface area contributed by atoms with Crippen molar-refractivity contribution in [3.8, 4) is 6.07 Å². The Balaban J connectivity index is 2.68. The van der Waals surface area contributed by atoms with Crippen molar-refractivity contribution in [1.82, 2.24) is 4.98 Å². The highest BCUT2D eigenvalue weighted by Gasteiger charge is 2.23. The molecular formula is C9H10N2O2. The molecule has 0 aliphatic carbocycles. The van der Waals surface area contributed by atoms with Crippen LogP contribution in [-0.4, -0.2) is 16.6 Å². The topological polar surface area (TPSA) is 65.9 Å². The summed E-state index contributed by atoms with van der Waals surface area (Å²) in [5, 5.41) is 8.60. The molecule has 1 aromatic rings. The lowest BCUT2D eigenvalue weighted by atomic mass is 10.2. The van der Waals surface area contributed by atoms with Gasteiger partial charge in [0.25, 0.3) is 0 Å². The first-order valence-corrected chi connectivity index (χ1v) is 3.83. The first kappa shape index (κ1) is 9.33. The number of carbonyl (C=O) groups excluding carboxylic acids is 1. The maximum absolute atomic E-state index is 11.3. The summed E-state index contributed by atoms with van der Waals surface area (Å²) < 4.78 is 4.90. The molecule has 1 heterocycles. The van der Waals surface area contributed by atoms with Gasteiger partial charge in [-0.2, -0.15) is 5.26 Å². The maximum Gasteiger partial charge on any atom is 0.356 e. The summed E-state index contributed by atoms with van der Waals surface area (Å²) in [6.07, 6.45) is 1.62. The summed E-state index contributed by atoms with van der Waals surface area (Å²) in [4.78, 5) is 14.0. The number of esters is 1. The molecule has 1 rings (SSSR count). The van der Waals surface area contributed by atoms with E-state index in [-0.39, 0.29) is 0 Å². The molecular weight excluding hydrogens is 168 g/mol. The Morgan fingerprint density at radius 2 is 2.38 bits per heavy atom. The second-order valence-corrected chi connectivity index (χ2v) is 3.10. The third-order valence-corrected chi connectivity index (χ3v) is 1.43. The fourth-order valence-corrected chi connectivity index (χ4v) is 0.767. The third kappa shape index (κ3) is 2.34. The molecule has 0 aliphatic heterocycles. The molecule has 13 heavy (non-hydrogen) atoms. The number of nitriles is 1. The Hall–Kier alpha value is -1.76. The second-order valence-electron chi connectivity index (χ2n) is 3.10. The van der Waals surface area contributed by atoms with Gasteiger partial charge in [-0.3, -0.25) is 0 Å². The molecule has 0 amide bonds. The van der Waals surface area contributed by atoms with Crippen LogP contribution in [0.25, 0.3) is 0 Å². The first-order chi connectivity index (χ1) is 6.05. The number of ether oxygens (including phenoxy) is 1. The first-order valence-electron chi connectivity index (χ1n) is 3.83. The van der Waals surface area contributed by atoms with Gasteiger partial charge in [0.1, 0.15) is 11.8 Å². The maximum atomic E-state index is 11.3.